The maximum Gasteiger partial charge on any atom is 0.408 e. The van der Waals surface area contributed by atoms with Crippen LogP contribution in [0.2, 0.25) is 0 Å². The number of pyridine rings is 1. The van der Waals surface area contributed by atoms with Crippen molar-refractivity contribution in [3.63, 3.8) is 0 Å². The topological polar surface area (TPSA) is 150 Å². The Labute approximate surface area is 337 Å². The number of piperidine rings is 3. The molecule has 3 aliphatic rings. The number of ketones is 1. The number of phenols is 1. The van der Waals surface area contributed by atoms with Gasteiger partial charge in [-0.15, -0.1) is 0 Å². The van der Waals surface area contributed by atoms with Crippen LogP contribution in [0, 0.1) is 11.7 Å². The van der Waals surface area contributed by atoms with Gasteiger partial charge in [-0.2, -0.15) is 0 Å². The SMILES string of the molecule is O=C(NC(c1cccc(F)c1)c1cccc(OCCCCCCNC[C@@H](O)c2ccc(O)c3[nH]c(=O)ccc23)c1)O[C@H]1C[N+]2(CC(=O)c3ccccc3)CCC1CC2. The van der Waals surface area contributed by atoms with Crippen molar-refractivity contribution >= 4 is 22.8 Å². The normalized spacial score (nSPS) is 19.7. The first kappa shape index (κ1) is 40.6. The number of fused-ring (bicyclic) bond motifs is 4. The van der Waals surface area contributed by atoms with Crippen molar-refractivity contribution in [3.8, 4) is 11.5 Å². The van der Waals surface area contributed by atoms with E-state index < -0.39 is 24.1 Å². The molecule has 3 aliphatic heterocycles. The van der Waals surface area contributed by atoms with Crippen molar-refractivity contribution in [2.45, 2.75) is 56.8 Å². The number of hydrogen-bond acceptors (Lipinski definition) is 8. The van der Waals surface area contributed by atoms with E-state index in [1.54, 1.807) is 24.3 Å². The summed E-state index contributed by atoms with van der Waals surface area (Å²) in [6.45, 7) is 4.30. The van der Waals surface area contributed by atoms with Crippen LogP contribution in [0.1, 0.15) is 77.7 Å². The molecular weight excluding hydrogens is 740 g/mol. The van der Waals surface area contributed by atoms with Crippen LogP contribution >= 0.6 is 0 Å². The van der Waals surface area contributed by atoms with E-state index in [0.717, 1.165) is 63.7 Å². The highest BCUT2D eigenvalue weighted by atomic mass is 19.1. The summed E-state index contributed by atoms with van der Waals surface area (Å²) in [4.78, 5) is 41.1. The van der Waals surface area contributed by atoms with Gasteiger partial charge in [-0.3, -0.25) is 9.59 Å². The molecule has 0 aliphatic carbocycles. The maximum atomic E-state index is 14.5. The number of alkyl carbamates (subject to hydrolysis) is 1. The van der Waals surface area contributed by atoms with Crippen LogP contribution in [0.25, 0.3) is 10.9 Å². The molecule has 11 nitrogen and oxygen atoms in total. The summed E-state index contributed by atoms with van der Waals surface area (Å²) < 4.78 is 27.3. The number of carbonyl (C=O) groups is 2. The first-order chi connectivity index (χ1) is 28.2. The Morgan fingerprint density at radius 3 is 2.43 bits per heavy atom. The number of unbranched alkanes of at least 4 members (excludes halogenated alkanes) is 3. The fourth-order valence-corrected chi connectivity index (χ4v) is 8.51. The van der Waals surface area contributed by atoms with E-state index in [1.807, 2.05) is 54.6 Å². The molecule has 1 amide bonds. The number of aliphatic hydroxyl groups excluding tert-OH is 1. The second kappa shape index (κ2) is 18.8. The number of nitrogens with zero attached hydrogens (tertiary/aromatic N) is 1. The number of H-pyrrole nitrogens is 1. The Balaban J connectivity index is 0.879. The summed E-state index contributed by atoms with van der Waals surface area (Å²) in [5.41, 5.74) is 2.62. The summed E-state index contributed by atoms with van der Waals surface area (Å²) in [7, 11) is 0. The highest BCUT2D eigenvalue weighted by Gasteiger charge is 2.48. The van der Waals surface area contributed by atoms with Crippen molar-refractivity contribution < 1.29 is 38.1 Å². The van der Waals surface area contributed by atoms with Crippen LogP contribution in [-0.4, -0.2) is 83.5 Å². The third-order valence-corrected chi connectivity index (χ3v) is 11.6. The Hall–Kier alpha value is -5.56. The number of quaternary nitrogens is 1. The van der Waals surface area contributed by atoms with Gasteiger partial charge >= 0.3 is 6.09 Å². The number of nitrogens with one attached hydrogen (secondary N) is 3. The summed E-state index contributed by atoms with van der Waals surface area (Å²) in [5, 5.41) is 27.8. The average Bonchev–Trinajstić information content (AvgIpc) is 3.23. The number of ether oxygens (including phenoxy) is 2. The lowest BCUT2D eigenvalue weighted by molar-refractivity contribution is -0.938. The zero-order valence-electron chi connectivity index (χ0n) is 32.6. The van der Waals surface area contributed by atoms with Crippen molar-refractivity contribution in [2.24, 2.45) is 5.92 Å². The number of halogens is 1. The van der Waals surface area contributed by atoms with Gasteiger partial charge in [0.15, 0.2) is 6.10 Å². The predicted octanol–water partition coefficient (Wildman–Crippen LogP) is 6.94. The van der Waals surface area contributed by atoms with Crippen molar-refractivity contribution in [2.75, 3.05) is 45.9 Å². The van der Waals surface area contributed by atoms with Crippen LogP contribution in [-0.2, 0) is 4.74 Å². The molecule has 4 aromatic carbocycles. The number of carbonyl (C=O) groups excluding carboxylic acids is 2. The average molecular weight is 792 g/mol. The summed E-state index contributed by atoms with van der Waals surface area (Å²) in [6.07, 6.45) is 3.73. The van der Waals surface area contributed by atoms with Crippen LogP contribution in [0.15, 0.2) is 108 Å². The number of aromatic nitrogens is 1. The molecule has 304 valence electrons. The number of benzene rings is 4. The number of phenolic OH excluding ortho intramolecular Hbond substituents is 1. The van der Waals surface area contributed by atoms with Crippen molar-refractivity contribution in [1.82, 2.24) is 15.6 Å². The molecule has 5 aromatic rings. The standard InChI is InChI=1S/C46H51FN4O7/c47-35-14-8-12-33(26-35)44(50-46(56)58-42-30-51(23-20-32(42)21-24-51)29-41(54)31-10-4-3-5-11-31)34-13-9-15-36(27-34)57-25-7-2-1-6-22-48-28-40(53)37-16-18-39(52)45-38(37)17-19-43(55)49-45/h3-5,8-19,26-27,32,40,42,44,48,53H,1-2,6-7,20-25,28-30H2,(H2-,49,50,52,55,56)/p+1/t32?,40-,42+,44?,51?/m1/s1. The molecule has 12 heteroatoms. The van der Waals surface area contributed by atoms with Crippen LogP contribution in [0.5, 0.6) is 11.5 Å². The molecule has 1 unspecified atom stereocenters. The van der Waals surface area contributed by atoms with Gasteiger partial charge in [-0.1, -0.05) is 73.5 Å². The summed E-state index contributed by atoms with van der Waals surface area (Å²) >= 11 is 0. The lowest BCUT2D eigenvalue weighted by Gasteiger charge is -2.51. The fourth-order valence-electron chi connectivity index (χ4n) is 8.51. The van der Waals surface area contributed by atoms with Gasteiger partial charge in [-0.25, -0.2) is 9.18 Å². The monoisotopic (exact) mass is 791 g/mol. The zero-order chi connectivity index (χ0) is 40.5. The first-order valence-electron chi connectivity index (χ1n) is 20.3. The van der Waals surface area contributed by atoms with Gasteiger partial charge in [-0.05, 0) is 72.5 Å². The highest BCUT2D eigenvalue weighted by Crippen LogP contribution is 2.36. The zero-order valence-corrected chi connectivity index (χ0v) is 32.6. The van der Waals surface area contributed by atoms with E-state index in [9.17, 15) is 29.0 Å². The molecule has 0 spiro atoms. The molecular formula is C46H52FN4O7+. The third kappa shape index (κ3) is 10.1. The fraction of sp³-hybridized carbons (Fsp3) is 0.370. The van der Waals surface area contributed by atoms with E-state index >= 15 is 0 Å². The molecule has 5 N–H and O–H groups in total. The number of aromatic amines is 1. The van der Waals surface area contributed by atoms with E-state index in [0.29, 0.717) is 64.1 Å². The number of aliphatic hydroxyl groups is 1. The molecule has 3 saturated heterocycles. The number of amides is 1. The van der Waals surface area contributed by atoms with Gasteiger partial charge < -0.3 is 39.8 Å². The van der Waals surface area contributed by atoms with Crippen LogP contribution in [0.3, 0.4) is 0 Å². The van der Waals surface area contributed by atoms with Crippen LogP contribution < -0.4 is 20.9 Å². The van der Waals surface area contributed by atoms with E-state index in [1.165, 1.54) is 24.3 Å². The quantitative estimate of drug-likeness (QED) is 0.0364. The molecule has 2 bridgehead atoms. The molecule has 58 heavy (non-hydrogen) atoms. The summed E-state index contributed by atoms with van der Waals surface area (Å²) in [5.74, 6) is 0.525. The minimum atomic E-state index is -0.804. The Kier molecular flexibility index (Phi) is 13.2. The number of rotatable bonds is 18. The maximum absolute atomic E-state index is 14.5. The molecule has 4 heterocycles. The van der Waals surface area contributed by atoms with Crippen LogP contribution in [0.4, 0.5) is 9.18 Å². The van der Waals surface area contributed by atoms with Gasteiger partial charge in [0.1, 0.15) is 30.4 Å². The Bertz CT molecular complexity index is 2240. The third-order valence-electron chi connectivity index (χ3n) is 11.6. The molecule has 3 fully saturated rings. The molecule has 3 atom stereocenters. The lowest BCUT2D eigenvalue weighted by atomic mass is 9.83. The summed E-state index contributed by atoms with van der Waals surface area (Å²) in [6, 6.07) is 28.4. The van der Waals surface area contributed by atoms with Crippen molar-refractivity contribution in [3.05, 3.63) is 142 Å². The Morgan fingerprint density at radius 1 is 0.879 bits per heavy atom. The predicted molar refractivity (Wildman–Crippen MR) is 219 cm³/mol. The van der Waals surface area contributed by atoms with E-state index in [-0.39, 0.29) is 29.1 Å². The Morgan fingerprint density at radius 2 is 1.64 bits per heavy atom. The first-order valence-corrected chi connectivity index (χ1v) is 20.3. The molecule has 8 rings (SSSR count). The number of hydrogen-bond donors (Lipinski definition) is 5. The molecule has 1 aromatic heterocycles. The smallest absolute Gasteiger partial charge is 0.408 e. The second-order valence-corrected chi connectivity index (χ2v) is 15.7. The highest BCUT2D eigenvalue weighted by molar-refractivity contribution is 5.97. The number of Topliss-reactive ketones (excluding diaryl/α,β-unsaturated/α-hetero) is 1. The second-order valence-electron chi connectivity index (χ2n) is 15.7. The van der Waals surface area contributed by atoms with Gasteiger partial charge in [0.25, 0.3) is 0 Å². The van der Waals surface area contributed by atoms with Gasteiger partial charge in [0.05, 0.1) is 37.4 Å². The minimum absolute atomic E-state index is 0.0406. The van der Waals surface area contributed by atoms with E-state index in [2.05, 4.69) is 15.6 Å². The van der Waals surface area contributed by atoms with Crippen molar-refractivity contribution in [1.29, 1.82) is 0 Å². The largest absolute Gasteiger partial charge is 0.506 e. The van der Waals surface area contributed by atoms with Gasteiger partial charge in [0.2, 0.25) is 11.3 Å². The minimum Gasteiger partial charge on any atom is -0.506 e. The van der Waals surface area contributed by atoms with E-state index in [4.69, 9.17) is 9.47 Å². The van der Waals surface area contributed by atoms with Gasteiger partial charge in [0, 0.05) is 42.3 Å². The lowest BCUT2D eigenvalue weighted by Crippen LogP contribution is -2.66. The number of aromatic hydroxyl groups is 1. The molecule has 0 saturated carbocycles. The molecule has 0 radical (unpaired) electrons.